The number of piperazine rings is 1. The molecule has 1 N–H and O–H groups in total. The third kappa shape index (κ3) is 4.36. The Morgan fingerprint density at radius 1 is 1.14 bits per heavy atom. The first-order chi connectivity index (χ1) is 14.2. The van der Waals surface area contributed by atoms with Gasteiger partial charge in [-0.1, -0.05) is 13.8 Å². The topological polar surface area (TPSA) is 66.5 Å². The van der Waals surface area contributed by atoms with Crippen LogP contribution in [-0.2, 0) is 13.1 Å². The number of likely N-dealkylation sites (N-methyl/N-ethyl adjacent to an activating group) is 1. The molecule has 0 spiro atoms. The Labute approximate surface area is 171 Å². The van der Waals surface area contributed by atoms with Gasteiger partial charge in [-0.05, 0) is 43.3 Å². The van der Waals surface area contributed by atoms with Gasteiger partial charge in [0.05, 0.1) is 23.8 Å². The molecule has 1 saturated heterocycles. The highest BCUT2D eigenvalue weighted by Gasteiger charge is 2.19. The maximum absolute atomic E-state index is 12.3. The summed E-state index contributed by atoms with van der Waals surface area (Å²) in [4.78, 5) is 22.2. The Morgan fingerprint density at radius 3 is 2.62 bits per heavy atom. The molecule has 0 radical (unpaired) electrons. The smallest absolute Gasteiger partial charge is 0.291 e. The van der Waals surface area contributed by atoms with Gasteiger partial charge in [-0.25, -0.2) is 4.98 Å². The van der Waals surface area contributed by atoms with Crippen molar-refractivity contribution in [3.63, 3.8) is 0 Å². The van der Waals surface area contributed by atoms with E-state index in [0.29, 0.717) is 5.76 Å². The summed E-state index contributed by atoms with van der Waals surface area (Å²) in [5, 5.41) is 2.89. The number of anilines is 1. The number of imidazole rings is 1. The lowest BCUT2D eigenvalue weighted by Gasteiger charge is -2.33. The number of rotatable bonds is 7. The highest BCUT2D eigenvalue weighted by atomic mass is 16.3. The van der Waals surface area contributed by atoms with Crippen LogP contribution in [0.15, 0.2) is 41.0 Å². The van der Waals surface area contributed by atoms with Crippen molar-refractivity contribution in [2.24, 2.45) is 0 Å². The zero-order valence-corrected chi connectivity index (χ0v) is 17.2. The van der Waals surface area contributed by atoms with Gasteiger partial charge < -0.3 is 19.2 Å². The number of nitrogens with zero attached hydrogens (tertiary/aromatic N) is 4. The first kappa shape index (κ1) is 19.7. The fourth-order valence-electron chi connectivity index (χ4n) is 3.92. The molecular weight excluding hydrogens is 366 g/mol. The highest BCUT2D eigenvalue weighted by molar-refractivity contribution is 6.03. The van der Waals surface area contributed by atoms with E-state index in [2.05, 4.69) is 33.5 Å². The van der Waals surface area contributed by atoms with Gasteiger partial charge in [0.2, 0.25) is 0 Å². The Hall–Kier alpha value is -2.64. The first-order valence-electron chi connectivity index (χ1n) is 10.5. The molecule has 0 unspecified atom stereocenters. The Kier molecular flexibility index (Phi) is 5.97. The molecule has 7 heteroatoms. The molecule has 1 amide bonds. The van der Waals surface area contributed by atoms with Gasteiger partial charge in [0.1, 0.15) is 5.82 Å². The van der Waals surface area contributed by atoms with Crippen molar-refractivity contribution in [2.75, 3.05) is 38.0 Å². The number of amides is 1. The largest absolute Gasteiger partial charge is 0.459 e. The summed E-state index contributed by atoms with van der Waals surface area (Å²) in [6.07, 6.45) is 2.55. The van der Waals surface area contributed by atoms with Crippen molar-refractivity contribution in [3.8, 4) is 0 Å². The van der Waals surface area contributed by atoms with Crippen LogP contribution in [-0.4, -0.2) is 58.0 Å². The van der Waals surface area contributed by atoms with Crippen molar-refractivity contribution in [3.05, 3.63) is 48.2 Å². The number of hydrogen-bond acceptors (Lipinski definition) is 5. The molecule has 1 aromatic carbocycles. The zero-order chi connectivity index (χ0) is 20.2. The van der Waals surface area contributed by atoms with Gasteiger partial charge in [0, 0.05) is 38.4 Å². The summed E-state index contributed by atoms with van der Waals surface area (Å²) >= 11 is 0. The SMILES string of the molecule is CCCn1c(CN2CCN(CC)CC2)nc2cc(NC(=O)c3ccco3)ccc21. The van der Waals surface area contributed by atoms with E-state index in [-0.39, 0.29) is 5.91 Å². The Bertz CT molecular complexity index is 955. The molecule has 7 nitrogen and oxygen atoms in total. The average molecular weight is 396 g/mol. The number of fused-ring (bicyclic) bond motifs is 1. The van der Waals surface area contributed by atoms with Crippen molar-refractivity contribution in [2.45, 2.75) is 33.4 Å². The number of carbonyl (C=O) groups excluding carboxylic acids is 1. The van der Waals surface area contributed by atoms with Gasteiger partial charge in [-0.15, -0.1) is 0 Å². The lowest BCUT2D eigenvalue weighted by atomic mass is 10.2. The van der Waals surface area contributed by atoms with Crippen LogP contribution in [0.2, 0.25) is 0 Å². The van der Waals surface area contributed by atoms with Crippen LogP contribution in [0.1, 0.15) is 36.6 Å². The molecule has 0 saturated carbocycles. The van der Waals surface area contributed by atoms with Crippen molar-refractivity contribution >= 4 is 22.6 Å². The van der Waals surface area contributed by atoms with E-state index in [0.717, 1.165) is 74.8 Å². The fraction of sp³-hybridized carbons (Fsp3) is 0.455. The zero-order valence-electron chi connectivity index (χ0n) is 17.2. The number of carbonyl (C=O) groups is 1. The van der Waals surface area contributed by atoms with Crippen molar-refractivity contribution in [1.82, 2.24) is 19.4 Å². The molecular formula is C22H29N5O2. The molecule has 3 heterocycles. The minimum atomic E-state index is -0.253. The minimum absolute atomic E-state index is 0.253. The second-order valence-electron chi connectivity index (χ2n) is 7.52. The molecule has 0 bridgehead atoms. The lowest BCUT2D eigenvalue weighted by Crippen LogP contribution is -2.45. The molecule has 0 atom stereocenters. The number of aromatic nitrogens is 2. The highest BCUT2D eigenvalue weighted by Crippen LogP contribution is 2.23. The van der Waals surface area contributed by atoms with Gasteiger partial charge >= 0.3 is 0 Å². The molecule has 29 heavy (non-hydrogen) atoms. The van der Waals surface area contributed by atoms with Crippen molar-refractivity contribution in [1.29, 1.82) is 0 Å². The van der Waals surface area contributed by atoms with Crippen LogP contribution in [0, 0.1) is 0 Å². The molecule has 154 valence electrons. The second kappa shape index (κ2) is 8.80. The molecule has 1 aliphatic rings. The fourth-order valence-corrected chi connectivity index (χ4v) is 3.92. The molecule has 4 rings (SSSR count). The van der Waals surface area contributed by atoms with Crippen LogP contribution < -0.4 is 5.32 Å². The van der Waals surface area contributed by atoms with Gasteiger partial charge in [-0.2, -0.15) is 0 Å². The third-order valence-corrected chi connectivity index (χ3v) is 5.55. The monoisotopic (exact) mass is 395 g/mol. The van der Waals surface area contributed by atoms with E-state index in [1.807, 2.05) is 18.2 Å². The Morgan fingerprint density at radius 2 is 1.93 bits per heavy atom. The van der Waals surface area contributed by atoms with Crippen LogP contribution in [0.4, 0.5) is 5.69 Å². The molecule has 3 aromatic rings. The summed E-state index contributed by atoms with van der Waals surface area (Å²) in [5.41, 5.74) is 2.76. The van der Waals surface area contributed by atoms with Crippen LogP contribution in [0.3, 0.4) is 0 Å². The normalized spacial score (nSPS) is 15.8. The van der Waals surface area contributed by atoms with E-state index in [9.17, 15) is 4.79 Å². The number of hydrogen-bond donors (Lipinski definition) is 1. The van der Waals surface area contributed by atoms with Gasteiger partial charge in [0.15, 0.2) is 5.76 Å². The summed E-state index contributed by atoms with van der Waals surface area (Å²) < 4.78 is 7.49. The number of furan rings is 1. The van der Waals surface area contributed by atoms with E-state index in [4.69, 9.17) is 9.40 Å². The molecule has 1 fully saturated rings. The molecule has 1 aliphatic heterocycles. The number of aryl methyl sites for hydroxylation is 1. The lowest BCUT2D eigenvalue weighted by molar-refractivity contribution is 0.0996. The summed E-state index contributed by atoms with van der Waals surface area (Å²) in [5.74, 6) is 1.14. The first-order valence-corrected chi connectivity index (χ1v) is 10.5. The molecule has 0 aliphatic carbocycles. The summed E-state index contributed by atoms with van der Waals surface area (Å²) in [7, 11) is 0. The van der Waals surface area contributed by atoms with E-state index in [1.54, 1.807) is 12.1 Å². The Balaban J connectivity index is 1.54. The van der Waals surface area contributed by atoms with Crippen molar-refractivity contribution < 1.29 is 9.21 Å². The standard InChI is InChI=1S/C22H29N5O2/c1-3-9-27-19-8-7-17(23-22(28)20-6-5-14-29-20)15-18(19)24-21(27)16-26-12-10-25(4-2)11-13-26/h5-8,14-15H,3-4,9-13,16H2,1-2H3,(H,23,28). The number of benzene rings is 1. The van der Waals surface area contributed by atoms with E-state index in [1.165, 1.54) is 6.26 Å². The number of nitrogens with one attached hydrogen (secondary N) is 1. The predicted octanol–water partition coefficient (Wildman–Crippen LogP) is 3.43. The summed E-state index contributed by atoms with van der Waals surface area (Å²) in [6.45, 7) is 11.7. The quantitative estimate of drug-likeness (QED) is 0.664. The van der Waals surface area contributed by atoms with Gasteiger partial charge in [0.25, 0.3) is 5.91 Å². The van der Waals surface area contributed by atoms with Crippen LogP contribution in [0.25, 0.3) is 11.0 Å². The molecule has 2 aromatic heterocycles. The maximum Gasteiger partial charge on any atom is 0.291 e. The second-order valence-corrected chi connectivity index (χ2v) is 7.52. The maximum atomic E-state index is 12.3. The predicted molar refractivity (Wildman–Crippen MR) is 114 cm³/mol. The van der Waals surface area contributed by atoms with E-state index < -0.39 is 0 Å². The van der Waals surface area contributed by atoms with Crippen LogP contribution in [0.5, 0.6) is 0 Å². The minimum Gasteiger partial charge on any atom is -0.459 e. The summed E-state index contributed by atoms with van der Waals surface area (Å²) in [6, 6.07) is 9.29. The van der Waals surface area contributed by atoms with Gasteiger partial charge in [-0.3, -0.25) is 9.69 Å². The van der Waals surface area contributed by atoms with Crippen LogP contribution >= 0.6 is 0 Å². The third-order valence-electron chi connectivity index (χ3n) is 5.55. The average Bonchev–Trinajstić information content (AvgIpc) is 3.38. The van der Waals surface area contributed by atoms with E-state index >= 15 is 0 Å².